The van der Waals surface area contributed by atoms with Crippen molar-refractivity contribution in [2.24, 2.45) is 0 Å². The van der Waals surface area contributed by atoms with E-state index >= 15 is 4.39 Å². The first kappa shape index (κ1) is 36.9. The van der Waals surface area contributed by atoms with Gasteiger partial charge in [0, 0.05) is 0 Å². The Kier molecular flexibility index (Phi) is 9.04. The first-order valence-corrected chi connectivity index (χ1v) is 11.7. The molecule has 0 N–H and O–H groups in total. The minimum atomic E-state index is -8.30. The van der Waals surface area contributed by atoms with Crippen LogP contribution in [0.4, 0.5) is 101 Å². The van der Waals surface area contributed by atoms with Crippen molar-refractivity contribution >= 4 is 10.9 Å². The molecule has 0 spiro atoms. The summed E-state index contributed by atoms with van der Waals surface area (Å²) in [5.74, 6) is -75.5. The van der Waals surface area contributed by atoms with Crippen LogP contribution in [-0.4, -0.2) is 18.0 Å². The highest BCUT2D eigenvalue weighted by atomic mass is 32.2. The Hall–Kier alpha value is -3.60. The number of hydrogen-bond donors (Lipinski definition) is 0. The van der Waals surface area contributed by atoms with Crippen molar-refractivity contribution < 1.29 is 101 Å². The Morgan fingerprint density at radius 3 is 0.804 bits per heavy atom. The van der Waals surface area contributed by atoms with Crippen molar-refractivity contribution in [3.63, 3.8) is 0 Å². The molecule has 24 heteroatoms. The Morgan fingerprint density at radius 1 is 0.283 bits per heavy atom. The van der Waals surface area contributed by atoms with Crippen LogP contribution in [0.1, 0.15) is 5.56 Å². The highest BCUT2D eigenvalue weighted by molar-refractivity contribution is 7.97. The van der Waals surface area contributed by atoms with Crippen LogP contribution in [0, 0.1) is 81.4 Å². The van der Waals surface area contributed by atoms with Crippen LogP contribution in [0.3, 0.4) is 0 Å². The van der Waals surface area contributed by atoms with Crippen molar-refractivity contribution in [1.29, 1.82) is 0 Å². The van der Waals surface area contributed by atoms with Crippen molar-refractivity contribution in [2.75, 3.05) is 0 Å². The van der Waals surface area contributed by atoms with E-state index in [9.17, 15) is 96.6 Å². The van der Waals surface area contributed by atoms with Gasteiger partial charge < -0.3 is 0 Å². The van der Waals surface area contributed by atoms with E-state index in [1.807, 2.05) is 0 Å². The second-order valence-electron chi connectivity index (χ2n) is 8.29. The third kappa shape index (κ3) is 4.88. The molecule has 0 aliphatic carbocycles. The molecule has 0 aromatic heterocycles. The van der Waals surface area contributed by atoms with Gasteiger partial charge in [0.25, 0.3) is 0 Å². The predicted molar refractivity (Wildman–Crippen MR) is 101 cm³/mol. The van der Waals surface area contributed by atoms with E-state index in [0.29, 0.717) is 0 Å². The van der Waals surface area contributed by atoms with Crippen LogP contribution in [0.5, 0.6) is 0 Å². The van der Waals surface area contributed by atoms with Crippen molar-refractivity contribution in [3.05, 3.63) is 87.0 Å². The molecule has 0 unspecified atom stereocenters. The van der Waals surface area contributed by atoms with Gasteiger partial charge in [-0.15, -0.1) is 0 Å². The fourth-order valence-corrected chi connectivity index (χ4v) is 5.83. The number of halogens is 23. The van der Waals surface area contributed by atoms with Crippen LogP contribution in [0.25, 0.3) is 0 Å². The Labute approximate surface area is 238 Å². The van der Waals surface area contributed by atoms with Gasteiger partial charge in [0.05, 0.1) is 0 Å². The molecule has 0 atom stereocenters. The fourth-order valence-electron chi connectivity index (χ4n) is 3.45. The van der Waals surface area contributed by atoms with Crippen molar-refractivity contribution in [2.45, 2.75) is 38.6 Å². The third-order valence-corrected chi connectivity index (χ3v) is 7.96. The van der Waals surface area contributed by atoms with Gasteiger partial charge in [-0.1, -0.05) is 0 Å². The molecule has 0 fully saturated rings. The molecule has 0 saturated heterocycles. The molecule has 0 aliphatic heterocycles. The smallest absolute Gasteiger partial charge is 0.203 e. The fraction of sp³-hybridized carbons (Fsp3) is 0.182. The minimum absolute atomic E-state index is 3.33. The zero-order valence-corrected chi connectivity index (χ0v) is 20.9. The summed E-state index contributed by atoms with van der Waals surface area (Å²) in [6.45, 7) is 0. The summed E-state index contributed by atoms with van der Waals surface area (Å²) in [4.78, 5) is -10.7. The molecular formula is C22F23S+. The summed E-state index contributed by atoms with van der Waals surface area (Å²) in [5, 5.41) is 0. The molecule has 0 aliphatic rings. The van der Waals surface area contributed by atoms with Crippen molar-refractivity contribution in [1.82, 2.24) is 0 Å². The normalized spacial score (nSPS) is 13.3. The van der Waals surface area contributed by atoms with Gasteiger partial charge >= 0.3 is 23.9 Å². The zero-order chi connectivity index (χ0) is 36.0. The maximum absolute atomic E-state index is 15.1. The second kappa shape index (κ2) is 11.3. The first-order chi connectivity index (χ1) is 20.6. The topological polar surface area (TPSA) is 0 Å². The molecule has 3 aromatic carbocycles. The van der Waals surface area contributed by atoms with Gasteiger partial charge in [0.15, 0.2) is 11.6 Å². The van der Waals surface area contributed by atoms with E-state index in [4.69, 9.17) is 0 Å². The molecule has 0 radical (unpaired) electrons. The second-order valence-corrected chi connectivity index (χ2v) is 10.1. The number of benzene rings is 3. The maximum Gasteiger partial charge on any atom is 0.460 e. The van der Waals surface area contributed by atoms with Gasteiger partial charge in [0.2, 0.25) is 84.5 Å². The van der Waals surface area contributed by atoms with Crippen LogP contribution < -0.4 is 0 Å². The molecule has 254 valence electrons. The summed E-state index contributed by atoms with van der Waals surface area (Å²) >= 11 is 0. The Balaban J connectivity index is 2.82. The SMILES string of the molecule is Fc1c(F)c(F)c([S+](c2c(F)c(F)c(F)c(F)c2F)c2c(F)c(F)c(F)c(F)c2C(F)(F)C(F)(F)C(F)(F)C(F)(F)F)c(F)c1F. The van der Waals surface area contributed by atoms with E-state index in [1.54, 1.807) is 0 Å². The lowest BCUT2D eigenvalue weighted by atomic mass is 9.95. The molecule has 0 saturated carbocycles. The van der Waals surface area contributed by atoms with Gasteiger partial charge in [-0.05, 0) is 0 Å². The minimum Gasteiger partial charge on any atom is -0.203 e. The average Bonchev–Trinajstić information content (AvgIpc) is 2.96. The van der Waals surface area contributed by atoms with E-state index in [1.165, 1.54) is 0 Å². The van der Waals surface area contributed by atoms with Gasteiger partial charge in [-0.25, -0.2) is 39.5 Å². The highest BCUT2D eigenvalue weighted by Gasteiger charge is 2.83. The summed E-state index contributed by atoms with van der Waals surface area (Å²) in [6, 6.07) is 0. The zero-order valence-electron chi connectivity index (χ0n) is 20.1. The van der Waals surface area contributed by atoms with Crippen LogP contribution in [-0.2, 0) is 16.8 Å². The largest absolute Gasteiger partial charge is 0.460 e. The predicted octanol–water partition coefficient (Wildman–Crippen LogP) is 9.65. The van der Waals surface area contributed by atoms with Gasteiger partial charge in [-0.2, -0.15) is 61.5 Å². The van der Waals surface area contributed by atoms with E-state index < -0.39 is 137 Å². The molecule has 0 amide bonds. The van der Waals surface area contributed by atoms with Gasteiger partial charge in [0.1, 0.15) is 16.5 Å². The first-order valence-electron chi connectivity index (χ1n) is 10.5. The highest BCUT2D eigenvalue weighted by Crippen LogP contribution is 2.59. The van der Waals surface area contributed by atoms with E-state index in [-0.39, 0.29) is 0 Å². The maximum atomic E-state index is 15.1. The molecule has 0 heterocycles. The average molecular weight is 733 g/mol. The van der Waals surface area contributed by atoms with Crippen LogP contribution >= 0.6 is 0 Å². The van der Waals surface area contributed by atoms with Gasteiger partial charge in [-0.3, -0.25) is 0 Å². The number of hydrogen-bond acceptors (Lipinski definition) is 0. The molecular weight excluding hydrogens is 733 g/mol. The molecule has 0 nitrogen and oxygen atoms in total. The van der Waals surface area contributed by atoms with Crippen LogP contribution in [0.2, 0.25) is 0 Å². The lowest BCUT2D eigenvalue weighted by molar-refractivity contribution is -0.400. The van der Waals surface area contributed by atoms with E-state index in [0.717, 1.165) is 0 Å². The quantitative estimate of drug-likeness (QED) is 0.103. The summed E-state index contributed by atoms with van der Waals surface area (Å²) in [5.41, 5.74) is -4.49. The summed E-state index contributed by atoms with van der Waals surface area (Å²) in [7, 11) is -5.45. The van der Waals surface area contributed by atoms with Crippen LogP contribution in [0.15, 0.2) is 14.7 Å². The summed E-state index contributed by atoms with van der Waals surface area (Å²) < 4.78 is 324. The Morgan fingerprint density at radius 2 is 0.522 bits per heavy atom. The monoisotopic (exact) mass is 733 g/mol. The lowest BCUT2D eigenvalue weighted by Crippen LogP contribution is -2.60. The Bertz CT molecular complexity index is 1630. The molecule has 46 heavy (non-hydrogen) atoms. The van der Waals surface area contributed by atoms with E-state index in [2.05, 4.69) is 0 Å². The number of rotatable bonds is 6. The third-order valence-electron chi connectivity index (χ3n) is 5.63. The summed E-state index contributed by atoms with van der Waals surface area (Å²) in [6.07, 6.45) is -7.84. The molecule has 0 bridgehead atoms. The van der Waals surface area contributed by atoms with Crippen molar-refractivity contribution in [3.8, 4) is 0 Å². The standard InChI is InChI=1S/C22F23S/c23-2-1(19(37,38)20(39,40)21(41,42)22(43,44)45)16(11(32)6(27)3(2)24)46(17-12(33)7(28)4(25)8(29)13(17)34)18-14(35)9(30)5(26)10(31)15(18)36/q+1. The molecule has 3 rings (SSSR count). The lowest BCUT2D eigenvalue weighted by Gasteiger charge is -2.34. The number of alkyl halides is 9. The molecule has 3 aromatic rings.